The van der Waals surface area contributed by atoms with Crippen LogP contribution in [0.2, 0.25) is 0 Å². The number of hydrogen-bond acceptors (Lipinski definition) is 6. The standard InChI is InChI=1S/C9H13N3O4/c1-4-3-12(9(15)11-7(4)10)6-2-5(13)8(14)16-6/h3,5-6,8,13-14H,2H2,1H3,(H2,10,11,15)/i1D3. The molecule has 1 saturated heterocycles. The summed E-state index contributed by atoms with van der Waals surface area (Å²) in [5.74, 6) is -0.375. The third-order valence-electron chi connectivity index (χ3n) is 2.36. The lowest BCUT2D eigenvalue weighted by atomic mass is 10.2. The highest BCUT2D eigenvalue weighted by Gasteiger charge is 2.34. The van der Waals surface area contributed by atoms with Crippen LogP contribution in [0.3, 0.4) is 0 Å². The molecule has 0 spiro atoms. The number of anilines is 1. The fraction of sp³-hybridized carbons (Fsp3) is 0.556. The minimum atomic E-state index is -2.53. The molecule has 3 unspecified atom stereocenters. The van der Waals surface area contributed by atoms with Crippen molar-refractivity contribution in [1.82, 2.24) is 9.55 Å². The van der Waals surface area contributed by atoms with Crippen molar-refractivity contribution in [3.63, 3.8) is 0 Å². The van der Waals surface area contributed by atoms with E-state index in [4.69, 9.17) is 14.6 Å². The van der Waals surface area contributed by atoms with Gasteiger partial charge in [0.15, 0.2) is 6.29 Å². The third-order valence-corrected chi connectivity index (χ3v) is 2.36. The van der Waals surface area contributed by atoms with E-state index in [9.17, 15) is 15.0 Å². The van der Waals surface area contributed by atoms with E-state index in [1.807, 2.05) is 0 Å². The van der Waals surface area contributed by atoms with Gasteiger partial charge in [0.25, 0.3) is 0 Å². The zero-order valence-electron chi connectivity index (χ0n) is 11.2. The van der Waals surface area contributed by atoms with Crippen LogP contribution in [0.1, 0.15) is 22.3 Å². The Bertz CT molecular complexity index is 534. The Labute approximate surface area is 95.3 Å². The normalized spacial score (nSPS) is 33.1. The van der Waals surface area contributed by atoms with Crippen LogP contribution >= 0.6 is 0 Å². The monoisotopic (exact) mass is 230 g/mol. The van der Waals surface area contributed by atoms with Crippen LogP contribution in [0.4, 0.5) is 5.82 Å². The quantitative estimate of drug-likeness (QED) is 0.555. The molecule has 1 aromatic heterocycles. The molecule has 1 aliphatic heterocycles. The van der Waals surface area contributed by atoms with E-state index in [-0.39, 0.29) is 17.8 Å². The molecule has 4 N–H and O–H groups in total. The topological polar surface area (TPSA) is 111 Å². The molecule has 88 valence electrons. The second kappa shape index (κ2) is 3.85. The molecule has 0 amide bonds. The molecule has 7 heteroatoms. The molecule has 0 radical (unpaired) electrons. The Morgan fingerprint density at radius 2 is 2.50 bits per heavy atom. The number of aliphatic hydroxyl groups excluding tert-OH is 2. The summed E-state index contributed by atoms with van der Waals surface area (Å²) in [6, 6.07) is 0. The molecular weight excluding hydrogens is 214 g/mol. The summed E-state index contributed by atoms with van der Waals surface area (Å²) in [6.45, 7) is -2.53. The average molecular weight is 230 g/mol. The molecule has 0 bridgehead atoms. The smallest absolute Gasteiger partial charge is 0.351 e. The fourth-order valence-corrected chi connectivity index (χ4v) is 1.50. The zero-order valence-corrected chi connectivity index (χ0v) is 8.20. The molecule has 16 heavy (non-hydrogen) atoms. The highest BCUT2D eigenvalue weighted by molar-refractivity contribution is 5.35. The maximum absolute atomic E-state index is 11.7. The number of ether oxygens (including phenoxy) is 1. The van der Waals surface area contributed by atoms with E-state index in [1.54, 1.807) is 0 Å². The number of aliphatic hydroxyl groups is 2. The molecule has 1 fully saturated rings. The molecule has 3 atom stereocenters. The number of aryl methyl sites for hydroxylation is 1. The molecule has 2 heterocycles. The highest BCUT2D eigenvalue weighted by atomic mass is 16.6. The lowest BCUT2D eigenvalue weighted by molar-refractivity contribution is -0.142. The number of nitrogens with zero attached hydrogens (tertiary/aromatic N) is 2. The Morgan fingerprint density at radius 3 is 3.06 bits per heavy atom. The van der Waals surface area contributed by atoms with E-state index in [1.165, 1.54) is 0 Å². The van der Waals surface area contributed by atoms with Gasteiger partial charge in [-0.05, 0) is 6.85 Å². The molecule has 0 aliphatic carbocycles. The first-order valence-electron chi connectivity index (χ1n) is 6.11. The summed E-state index contributed by atoms with van der Waals surface area (Å²) in [5, 5.41) is 18.6. The van der Waals surface area contributed by atoms with Crippen LogP contribution in [0.25, 0.3) is 0 Å². The van der Waals surface area contributed by atoms with Crippen molar-refractivity contribution in [2.75, 3.05) is 5.73 Å². The maximum atomic E-state index is 11.7. The Balaban J connectivity index is 2.45. The predicted octanol–water partition coefficient (Wildman–Crippen LogP) is -1.27. The van der Waals surface area contributed by atoms with Gasteiger partial charge >= 0.3 is 5.69 Å². The summed E-state index contributed by atoms with van der Waals surface area (Å²) in [4.78, 5) is 15.1. The van der Waals surface area contributed by atoms with E-state index < -0.39 is 31.2 Å². The summed E-state index contributed by atoms with van der Waals surface area (Å²) in [7, 11) is 0. The zero-order chi connectivity index (χ0) is 14.4. The summed E-state index contributed by atoms with van der Waals surface area (Å²) < 4.78 is 27.7. The van der Waals surface area contributed by atoms with Crippen molar-refractivity contribution in [2.45, 2.75) is 31.9 Å². The second-order valence-corrected chi connectivity index (χ2v) is 3.51. The van der Waals surface area contributed by atoms with Crippen molar-refractivity contribution in [1.29, 1.82) is 0 Å². The summed E-state index contributed by atoms with van der Waals surface area (Å²) >= 11 is 0. The lowest BCUT2D eigenvalue weighted by Crippen LogP contribution is -2.28. The molecule has 0 aromatic carbocycles. The van der Waals surface area contributed by atoms with Crippen LogP contribution in [-0.2, 0) is 4.74 Å². The SMILES string of the molecule is [2H]C([2H])([2H])c1cn(C2CC(O)C(O)O2)c(=O)nc1N. The number of aromatic nitrogens is 2. The lowest BCUT2D eigenvalue weighted by Gasteiger charge is -2.13. The van der Waals surface area contributed by atoms with Gasteiger partial charge in [0, 0.05) is 22.3 Å². The number of nitrogen functional groups attached to an aromatic ring is 1. The van der Waals surface area contributed by atoms with Crippen LogP contribution in [0.5, 0.6) is 0 Å². The van der Waals surface area contributed by atoms with Crippen LogP contribution < -0.4 is 11.4 Å². The summed E-state index contributed by atoms with van der Waals surface area (Å²) in [5.41, 5.74) is 4.31. The number of nitrogens with two attached hydrogens (primary N) is 1. The number of rotatable bonds is 1. The first-order valence-corrected chi connectivity index (χ1v) is 4.61. The van der Waals surface area contributed by atoms with Crippen LogP contribution in [-0.4, -0.2) is 32.2 Å². The minimum absolute atomic E-state index is 0.0485. The Kier molecular flexibility index (Phi) is 1.87. The van der Waals surface area contributed by atoms with Crippen molar-refractivity contribution >= 4 is 5.82 Å². The number of hydrogen-bond donors (Lipinski definition) is 3. The predicted molar refractivity (Wildman–Crippen MR) is 54.4 cm³/mol. The highest BCUT2D eigenvalue weighted by Crippen LogP contribution is 2.26. The van der Waals surface area contributed by atoms with Gasteiger partial charge in [0.05, 0.1) is 0 Å². The third kappa shape index (κ3) is 1.80. The van der Waals surface area contributed by atoms with Gasteiger partial charge in [-0.3, -0.25) is 4.57 Å². The molecule has 1 aromatic rings. The molecule has 0 saturated carbocycles. The first kappa shape index (κ1) is 7.77. The van der Waals surface area contributed by atoms with E-state index in [2.05, 4.69) is 4.98 Å². The molecule has 2 rings (SSSR count). The second-order valence-electron chi connectivity index (χ2n) is 3.51. The van der Waals surface area contributed by atoms with Gasteiger partial charge < -0.3 is 20.7 Å². The van der Waals surface area contributed by atoms with Gasteiger partial charge in [-0.15, -0.1) is 0 Å². The van der Waals surface area contributed by atoms with Crippen LogP contribution in [0, 0.1) is 6.85 Å². The van der Waals surface area contributed by atoms with Gasteiger partial charge in [0.1, 0.15) is 18.1 Å². The van der Waals surface area contributed by atoms with Crippen LogP contribution in [0.15, 0.2) is 11.0 Å². The molecule has 7 nitrogen and oxygen atoms in total. The van der Waals surface area contributed by atoms with Gasteiger partial charge in [-0.2, -0.15) is 4.98 Å². The van der Waals surface area contributed by atoms with E-state index >= 15 is 0 Å². The van der Waals surface area contributed by atoms with E-state index in [0.717, 1.165) is 10.8 Å². The molecular formula is C9H13N3O4. The van der Waals surface area contributed by atoms with Crippen molar-refractivity contribution in [3.05, 3.63) is 22.2 Å². The largest absolute Gasteiger partial charge is 0.388 e. The minimum Gasteiger partial charge on any atom is -0.388 e. The van der Waals surface area contributed by atoms with Gasteiger partial charge in [-0.25, -0.2) is 4.79 Å². The average Bonchev–Trinajstić information content (AvgIpc) is 2.57. The van der Waals surface area contributed by atoms with Crippen molar-refractivity contribution in [3.8, 4) is 0 Å². The first-order chi connectivity index (χ1) is 8.70. The summed E-state index contributed by atoms with van der Waals surface area (Å²) in [6.07, 6.45) is -2.58. The Hall–Kier alpha value is -1.44. The maximum Gasteiger partial charge on any atom is 0.351 e. The van der Waals surface area contributed by atoms with E-state index in [0.29, 0.717) is 0 Å². The Morgan fingerprint density at radius 1 is 1.75 bits per heavy atom. The molecule has 1 aliphatic rings. The van der Waals surface area contributed by atoms with Crippen molar-refractivity contribution in [2.24, 2.45) is 0 Å². The van der Waals surface area contributed by atoms with Gasteiger partial charge in [-0.1, -0.05) is 0 Å². The fourth-order valence-electron chi connectivity index (χ4n) is 1.50. The van der Waals surface area contributed by atoms with Gasteiger partial charge in [0.2, 0.25) is 0 Å². The van der Waals surface area contributed by atoms with Crippen molar-refractivity contribution < 1.29 is 19.1 Å².